The third-order valence-electron chi connectivity index (χ3n) is 7.01. The number of aromatic hydroxyl groups is 1. The summed E-state index contributed by atoms with van der Waals surface area (Å²) in [5, 5.41) is 34.5. The Hall–Kier alpha value is -5.50. The van der Waals surface area contributed by atoms with Crippen molar-refractivity contribution < 1.29 is 39.1 Å². The number of hydrogen-bond acceptors (Lipinski definition) is 6. The molecule has 0 saturated carbocycles. The lowest BCUT2D eigenvalue weighted by atomic mass is 9.96. The molecule has 6 aromatic rings. The lowest BCUT2D eigenvalue weighted by Crippen LogP contribution is -2.00. The molecule has 8 nitrogen and oxygen atoms in total. The van der Waals surface area contributed by atoms with Crippen LogP contribution in [0.5, 0.6) is 23.0 Å². The van der Waals surface area contributed by atoms with Gasteiger partial charge in [0.25, 0.3) is 0 Å². The van der Waals surface area contributed by atoms with E-state index >= 15 is 0 Å². The number of fused-ring (bicyclic) bond motifs is 6. The first kappa shape index (κ1) is 27.1. The Kier molecular flexibility index (Phi) is 7.22. The van der Waals surface area contributed by atoms with Crippen molar-refractivity contribution in [1.29, 1.82) is 0 Å². The minimum atomic E-state index is -0.989. The molecule has 0 aliphatic rings. The van der Waals surface area contributed by atoms with Crippen LogP contribution in [0.1, 0.15) is 20.7 Å². The quantitative estimate of drug-likeness (QED) is 0.194. The average molecular weight is 551 g/mol. The molecule has 0 amide bonds. The summed E-state index contributed by atoms with van der Waals surface area (Å²) in [6, 6.07) is 24.6. The maximum Gasteiger partial charge on any atom is 0.336 e. The molecule has 6 rings (SSSR count). The zero-order valence-corrected chi connectivity index (χ0v) is 22.5. The first-order valence-electron chi connectivity index (χ1n) is 12.5. The number of carboxylic acid groups (broad SMARTS) is 2. The summed E-state index contributed by atoms with van der Waals surface area (Å²) in [4.78, 5) is 22.9. The molecule has 206 valence electrons. The van der Waals surface area contributed by atoms with Gasteiger partial charge < -0.3 is 29.5 Å². The van der Waals surface area contributed by atoms with Gasteiger partial charge >= 0.3 is 11.9 Å². The highest BCUT2D eigenvalue weighted by Crippen LogP contribution is 2.42. The molecule has 0 bridgehead atoms. The van der Waals surface area contributed by atoms with Crippen LogP contribution in [0.3, 0.4) is 0 Å². The monoisotopic (exact) mass is 550 g/mol. The number of benzene rings is 6. The first-order valence-corrected chi connectivity index (χ1v) is 12.5. The molecule has 0 atom stereocenters. The third kappa shape index (κ3) is 4.76. The molecule has 0 radical (unpaired) electrons. The minimum Gasteiger partial charge on any atom is -0.507 e. The summed E-state index contributed by atoms with van der Waals surface area (Å²) in [7, 11) is 4.68. The molecule has 6 aromatic carbocycles. The molecular weight excluding hydrogens is 524 g/mol. The van der Waals surface area contributed by atoms with Crippen molar-refractivity contribution >= 4 is 55.0 Å². The molecule has 0 aliphatic heterocycles. The maximum atomic E-state index is 11.6. The van der Waals surface area contributed by atoms with Crippen LogP contribution in [0.2, 0.25) is 0 Å². The van der Waals surface area contributed by atoms with Crippen LogP contribution in [0, 0.1) is 0 Å². The third-order valence-corrected chi connectivity index (χ3v) is 7.01. The van der Waals surface area contributed by atoms with Gasteiger partial charge in [-0.15, -0.1) is 0 Å². The van der Waals surface area contributed by atoms with Gasteiger partial charge in [0.1, 0.15) is 11.5 Å². The molecule has 0 aliphatic carbocycles. The number of carboxylic acids is 2. The summed E-state index contributed by atoms with van der Waals surface area (Å²) < 4.78 is 16.1. The Morgan fingerprint density at radius 2 is 1.24 bits per heavy atom. The molecule has 3 N–H and O–H groups in total. The van der Waals surface area contributed by atoms with E-state index in [-0.39, 0.29) is 16.9 Å². The molecule has 0 aromatic heterocycles. The van der Waals surface area contributed by atoms with E-state index in [1.54, 1.807) is 56.7 Å². The second kappa shape index (κ2) is 10.9. The zero-order valence-electron chi connectivity index (χ0n) is 22.5. The van der Waals surface area contributed by atoms with Crippen molar-refractivity contribution in [3.8, 4) is 23.0 Å². The van der Waals surface area contributed by atoms with Gasteiger partial charge in [-0.2, -0.15) is 0 Å². The number of hydrogen-bond donors (Lipinski definition) is 3. The molecular formula is C33H26O8. The van der Waals surface area contributed by atoms with Gasteiger partial charge in [-0.05, 0) is 69.4 Å². The van der Waals surface area contributed by atoms with E-state index in [1.807, 2.05) is 36.4 Å². The van der Waals surface area contributed by atoms with Crippen LogP contribution >= 0.6 is 0 Å². The first-order chi connectivity index (χ1) is 19.8. The van der Waals surface area contributed by atoms with Crippen LogP contribution in [0.4, 0.5) is 0 Å². The van der Waals surface area contributed by atoms with Gasteiger partial charge in [0, 0.05) is 16.2 Å². The Morgan fingerprint density at radius 1 is 0.585 bits per heavy atom. The van der Waals surface area contributed by atoms with Gasteiger partial charge in [-0.25, -0.2) is 9.59 Å². The molecule has 41 heavy (non-hydrogen) atoms. The number of aromatic carboxylic acids is 2. The van der Waals surface area contributed by atoms with E-state index in [2.05, 4.69) is 0 Å². The van der Waals surface area contributed by atoms with Crippen molar-refractivity contribution in [1.82, 2.24) is 0 Å². The summed E-state index contributed by atoms with van der Waals surface area (Å²) in [6.07, 6.45) is 0. The Balaban J connectivity index is 0.000000169. The van der Waals surface area contributed by atoms with E-state index in [9.17, 15) is 24.9 Å². The van der Waals surface area contributed by atoms with Gasteiger partial charge in [0.05, 0.1) is 32.5 Å². The van der Waals surface area contributed by atoms with E-state index in [0.29, 0.717) is 38.8 Å². The number of phenolic OH excluding ortho intramolecular Hbond substituents is 1. The molecule has 0 saturated heterocycles. The van der Waals surface area contributed by atoms with Crippen molar-refractivity contribution in [2.45, 2.75) is 0 Å². The Morgan fingerprint density at radius 3 is 1.90 bits per heavy atom. The standard InChI is InChI=1S/C18H16O5.C15H10O3/c1-21-11-5-4-10-8-14(18(19)20)12-6-7-15(22-2)17(23-3)16(12)13(10)9-11;16-14-7-3-6-10-9-4-1-2-5-11(9)13(15(17)18)8-12(10)14/h4-9H,1-3H3,(H,19,20);1-8,16H,(H,17,18). The second-order valence-corrected chi connectivity index (χ2v) is 9.19. The SMILES string of the molecule is COc1ccc2cc(C(=O)O)c3ccc(OC)c(OC)c3c2c1.O=C(O)c1cc2c(O)cccc2c2ccccc12. The fourth-order valence-electron chi connectivity index (χ4n) is 5.13. The van der Waals surface area contributed by atoms with Crippen LogP contribution in [-0.2, 0) is 0 Å². The number of ether oxygens (including phenoxy) is 3. The fraction of sp³-hybridized carbons (Fsp3) is 0.0909. The van der Waals surface area contributed by atoms with E-state index in [4.69, 9.17) is 14.2 Å². The largest absolute Gasteiger partial charge is 0.507 e. The minimum absolute atomic E-state index is 0.0979. The Labute approximate surface area is 234 Å². The summed E-state index contributed by atoms with van der Waals surface area (Å²) in [6.45, 7) is 0. The number of methoxy groups -OCH3 is 3. The maximum absolute atomic E-state index is 11.6. The highest BCUT2D eigenvalue weighted by molar-refractivity contribution is 6.19. The summed E-state index contributed by atoms with van der Waals surface area (Å²) >= 11 is 0. The van der Waals surface area contributed by atoms with Crippen LogP contribution in [0.15, 0.2) is 84.9 Å². The van der Waals surface area contributed by atoms with Crippen LogP contribution in [0.25, 0.3) is 43.1 Å². The molecule has 8 heteroatoms. The average Bonchev–Trinajstić information content (AvgIpc) is 2.99. The summed E-state index contributed by atoms with van der Waals surface area (Å²) in [5.74, 6) is -0.137. The number of carbonyl (C=O) groups is 2. The Bertz CT molecular complexity index is 1980. The van der Waals surface area contributed by atoms with Crippen molar-refractivity contribution in [3.63, 3.8) is 0 Å². The smallest absolute Gasteiger partial charge is 0.336 e. The number of phenols is 1. The van der Waals surface area contributed by atoms with E-state index in [1.165, 1.54) is 13.2 Å². The highest BCUT2D eigenvalue weighted by atomic mass is 16.5. The van der Waals surface area contributed by atoms with Gasteiger partial charge in [0.2, 0.25) is 0 Å². The molecule has 0 unspecified atom stereocenters. The highest BCUT2D eigenvalue weighted by Gasteiger charge is 2.19. The number of rotatable bonds is 5. The van der Waals surface area contributed by atoms with E-state index < -0.39 is 11.9 Å². The second-order valence-electron chi connectivity index (χ2n) is 9.19. The lowest BCUT2D eigenvalue weighted by Gasteiger charge is -2.15. The van der Waals surface area contributed by atoms with E-state index in [0.717, 1.165) is 21.5 Å². The van der Waals surface area contributed by atoms with Crippen LogP contribution < -0.4 is 14.2 Å². The molecule has 0 fully saturated rings. The fourth-order valence-corrected chi connectivity index (χ4v) is 5.13. The topological polar surface area (TPSA) is 123 Å². The zero-order chi connectivity index (χ0) is 29.3. The lowest BCUT2D eigenvalue weighted by molar-refractivity contribution is 0.0688. The van der Waals surface area contributed by atoms with Crippen LogP contribution in [-0.4, -0.2) is 48.6 Å². The molecule has 0 heterocycles. The van der Waals surface area contributed by atoms with Gasteiger partial charge in [-0.3, -0.25) is 0 Å². The molecule has 0 spiro atoms. The summed E-state index contributed by atoms with van der Waals surface area (Å²) in [5.41, 5.74) is 0.429. The van der Waals surface area contributed by atoms with Crippen molar-refractivity contribution in [2.24, 2.45) is 0 Å². The predicted molar refractivity (Wildman–Crippen MR) is 158 cm³/mol. The predicted octanol–water partition coefficient (Wildman–Crippen LogP) is 7.11. The van der Waals surface area contributed by atoms with Gasteiger partial charge in [0.15, 0.2) is 11.5 Å². The van der Waals surface area contributed by atoms with Gasteiger partial charge in [-0.1, -0.05) is 42.5 Å². The van der Waals surface area contributed by atoms with Crippen molar-refractivity contribution in [3.05, 3.63) is 96.1 Å². The normalized spacial score (nSPS) is 10.8. The van der Waals surface area contributed by atoms with Crippen molar-refractivity contribution in [2.75, 3.05) is 21.3 Å².